The Morgan fingerprint density at radius 1 is 1.02 bits per heavy atom. The molecule has 3 heterocycles. The average molecular weight is 817 g/mol. The summed E-state index contributed by atoms with van der Waals surface area (Å²) in [5.74, 6) is 0.547. The first-order valence-electron chi connectivity index (χ1n) is 16.3. The van der Waals surface area contributed by atoms with E-state index in [-0.39, 0.29) is 48.9 Å². The monoisotopic (exact) mass is 817 g/mol. The Labute approximate surface area is 293 Å². The number of fused-ring (bicyclic) bond motifs is 4. The van der Waals surface area contributed by atoms with Gasteiger partial charge in [-0.1, -0.05) is 89.1 Å². The van der Waals surface area contributed by atoms with Crippen molar-refractivity contribution in [3.8, 4) is 11.3 Å². The Kier molecular flexibility index (Phi) is 12.3. The maximum atomic E-state index is 11.7. The molecule has 7 heteroatoms. The van der Waals surface area contributed by atoms with Crippen molar-refractivity contribution in [2.24, 2.45) is 11.8 Å². The van der Waals surface area contributed by atoms with Crippen LogP contribution in [0, 0.1) is 39.7 Å². The second-order valence-corrected chi connectivity index (χ2v) is 14.3. The summed E-state index contributed by atoms with van der Waals surface area (Å²) in [7, 11) is 4.30. The van der Waals surface area contributed by atoms with Gasteiger partial charge in [-0.3, -0.25) is 4.79 Å². The topological polar surface area (TPSA) is 58.5 Å². The van der Waals surface area contributed by atoms with E-state index in [1.165, 1.54) is 32.9 Å². The fourth-order valence-corrected chi connectivity index (χ4v) is 7.14. The number of allylic oxidation sites excluding steroid dienone is 2. The zero-order valence-corrected chi connectivity index (χ0v) is 32.2. The van der Waals surface area contributed by atoms with E-state index < -0.39 is 0 Å². The Morgan fingerprint density at radius 2 is 1.61 bits per heavy atom. The van der Waals surface area contributed by atoms with Crippen LogP contribution in [0.1, 0.15) is 95.7 Å². The van der Waals surface area contributed by atoms with Gasteiger partial charge >= 0.3 is 0 Å². The third-order valence-electron chi connectivity index (χ3n) is 9.19. The average Bonchev–Trinajstić information content (AvgIpc) is 3.49. The molecule has 0 saturated carbocycles. The molecular weight excluding hydrogens is 767 g/mol. The molecule has 0 aliphatic heterocycles. The van der Waals surface area contributed by atoms with Crippen LogP contribution in [0.15, 0.2) is 54.4 Å². The zero-order chi connectivity index (χ0) is 33.2. The predicted octanol–water partition coefficient (Wildman–Crippen LogP) is 10.3. The van der Waals surface area contributed by atoms with Crippen molar-refractivity contribution < 1.29 is 34.6 Å². The van der Waals surface area contributed by atoms with Gasteiger partial charge in [0.2, 0.25) is 0 Å². The molecule has 5 aromatic rings. The van der Waals surface area contributed by atoms with E-state index in [4.69, 9.17) is 4.98 Å². The summed E-state index contributed by atoms with van der Waals surface area (Å²) in [6.45, 7) is 23.7. The van der Waals surface area contributed by atoms with E-state index in [1.54, 1.807) is 11.5 Å². The number of aliphatic hydroxyl groups excluding tert-OH is 1. The van der Waals surface area contributed by atoms with Crippen molar-refractivity contribution in [3.05, 3.63) is 90.0 Å². The SMILES string of the molecule is CCC(CC)C(=O)/C=C(\O)C(CC)CC.[CH2-]c1c(-c2c3nc4c(C)c(C)sn4c3cc[n+]2[CH2-])cc(C(C)(C)C)c2ccccc12.[Ir]. The first-order valence-corrected chi connectivity index (χ1v) is 17.0. The molecule has 2 aromatic carbocycles. The van der Waals surface area contributed by atoms with E-state index in [1.807, 2.05) is 38.5 Å². The Hall–Kier alpha value is -3.12. The molecule has 1 radical (unpaired) electrons. The van der Waals surface area contributed by atoms with Gasteiger partial charge in [-0.05, 0) is 51.0 Å². The van der Waals surface area contributed by atoms with Gasteiger partial charge in [0.25, 0.3) is 0 Å². The van der Waals surface area contributed by atoms with Gasteiger partial charge in [0.05, 0.1) is 28.7 Å². The Bertz CT molecular complexity index is 1870. The molecule has 0 bridgehead atoms. The molecule has 1 N–H and O–H groups in total. The zero-order valence-electron chi connectivity index (χ0n) is 29.0. The van der Waals surface area contributed by atoms with E-state index in [0.717, 1.165) is 59.2 Å². The van der Waals surface area contributed by atoms with Crippen molar-refractivity contribution in [2.75, 3.05) is 0 Å². The van der Waals surface area contributed by atoms with E-state index in [0.29, 0.717) is 0 Å². The summed E-state index contributed by atoms with van der Waals surface area (Å²) in [5, 5.41) is 12.2. The maximum absolute atomic E-state index is 11.7. The number of carbonyl (C=O) groups is 1. The summed E-state index contributed by atoms with van der Waals surface area (Å²) in [6, 6.07) is 13.0. The van der Waals surface area contributed by atoms with Crippen LogP contribution in [0.4, 0.5) is 0 Å². The molecule has 0 aliphatic rings. The molecule has 5 rings (SSSR count). The van der Waals surface area contributed by atoms with E-state index in [2.05, 4.69) is 88.8 Å². The molecule has 0 amide bonds. The minimum absolute atomic E-state index is 0. The second-order valence-electron chi connectivity index (χ2n) is 13.1. The molecule has 0 saturated heterocycles. The molecule has 249 valence electrons. The molecule has 0 fully saturated rings. The Morgan fingerprint density at radius 3 is 2.17 bits per heavy atom. The number of carbonyl (C=O) groups excluding carboxylic acids is 1. The summed E-state index contributed by atoms with van der Waals surface area (Å²) >= 11 is 1.75. The number of nitrogens with zero attached hydrogens (tertiary/aromatic N) is 3. The van der Waals surface area contributed by atoms with Gasteiger partial charge in [0, 0.05) is 55.5 Å². The number of aryl methyl sites for hydroxylation is 2. The van der Waals surface area contributed by atoms with Gasteiger partial charge < -0.3 is 9.67 Å². The number of imidazole rings is 1. The fourth-order valence-electron chi connectivity index (χ4n) is 6.13. The quantitative estimate of drug-likeness (QED) is 0.0735. The van der Waals surface area contributed by atoms with Gasteiger partial charge in [0.1, 0.15) is 5.65 Å². The molecular formula is C39H50IrN3O2S-. The minimum Gasteiger partial charge on any atom is -0.512 e. The van der Waals surface area contributed by atoms with Gasteiger partial charge in [-0.2, -0.15) is 12.5 Å². The number of aliphatic hydroxyl groups is 1. The number of aromatic nitrogens is 3. The Balaban J connectivity index is 0.000000309. The van der Waals surface area contributed by atoms with Crippen LogP contribution in [-0.2, 0) is 30.3 Å². The van der Waals surface area contributed by atoms with Gasteiger partial charge in [-0.25, -0.2) is 8.77 Å². The minimum atomic E-state index is 0. The van der Waals surface area contributed by atoms with Gasteiger partial charge in [0.15, 0.2) is 5.78 Å². The molecule has 3 aromatic heterocycles. The normalized spacial score (nSPS) is 12.2. The van der Waals surface area contributed by atoms with Crippen LogP contribution in [0.2, 0.25) is 0 Å². The van der Waals surface area contributed by atoms with E-state index >= 15 is 0 Å². The number of pyridine rings is 1. The van der Waals surface area contributed by atoms with Crippen LogP contribution >= 0.6 is 11.5 Å². The van der Waals surface area contributed by atoms with Crippen LogP contribution in [0.25, 0.3) is 38.7 Å². The fraction of sp³-hybridized carbons (Fsp3) is 0.410. The summed E-state index contributed by atoms with van der Waals surface area (Å²) in [4.78, 5) is 18.1. The molecule has 0 spiro atoms. The smallest absolute Gasteiger partial charge is 0.162 e. The summed E-state index contributed by atoms with van der Waals surface area (Å²) in [5.41, 5.74) is 8.81. The van der Waals surface area contributed by atoms with Crippen molar-refractivity contribution in [1.82, 2.24) is 8.77 Å². The van der Waals surface area contributed by atoms with E-state index in [9.17, 15) is 9.90 Å². The van der Waals surface area contributed by atoms with Crippen LogP contribution in [0.5, 0.6) is 0 Å². The number of hydrogen-bond donors (Lipinski definition) is 1. The van der Waals surface area contributed by atoms with Crippen molar-refractivity contribution >= 4 is 44.8 Å². The van der Waals surface area contributed by atoms with Gasteiger partial charge in [-0.15, -0.1) is 23.1 Å². The summed E-state index contributed by atoms with van der Waals surface area (Å²) < 4.78 is 4.17. The van der Waals surface area contributed by atoms with Crippen molar-refractivity contribution in [3.63, 3.8) is 0 Å². The molecule has 5 nitrogen and oxygen atoms in total. The number of benzene rings is 2. The third kappa shape index (κ3) is 7.22. The van der Waals surface area contributed by atoms with Crippen LogP contribution in [-0.4, -0.2) is 19.7 Å². The standard InChI is InChI=1S/C26H26N3S.C13H24O2.Ir/c1-15-17(3)30-29-22-12-13-28(7)24(23(22)27-25(15)29)20-14-21(26(4,5)6)19-11-9-8-10-18(19)16(20)2;1-5-10(6-2)12(14)9-13(15)11(7-3)8-4;/h8-14H,2,7H2,1,3-6H3;9-11,14H,5-8H2,1-4H3;/q-1;;/b;12-9-;. The first kappa shape index (κ1) is 37.3. The van der Waals surface area contributed by atoms with Crippen LogP contribution < -0.4 is 4.57 Å². The number of hydrogen-bond acceptors (Lipinski definition) is 4. The third-order valence-corrected chi connectivity index (χ3v) is 10.3. The second kappa shape index (κ2) is 15.2. The van der Waals surface area contributed by atoms with Crippen LogP contribution in [0.3, 0.4) is 0 Å². The maximum Gasteiger partial charge on any atom is 0.162 e. The first-order chi connectivity index (χ1) is 21.3. The van der Waals surface area contributed by atoms with Crippen molar-refractivity contribution in [1.29, 1.82) is 0 Å². The number of ketones is 1. The largest absolute Gasteiger partial charge is 0.512 e. The number of rotatable bonds is 8. The molecule has 0 aliphatic carbocycles. The molecule has 46 heavy (non-hydrogen) atoms. The van der Waals surface area contributed by atoms with Crippen molar-refractivity contribution in [2.45, 2.75) is 93.4 Å². The molecule has 0 unspecified atom stereocenters. The summed E-state index contributed by atoms with van der Waals surface area (Å²) in [6.07, 6.45) is 6.94. The predicted molar refractivity (Wildman–Crippen MR) is 191 cm³/mol. The molecule has 0 atom stereocenters.